The number of para-hydroxylation sites is 4. The lowest BCUT2D eigenvalue weighted by Crippen LogP contribution is -3.00. The quantitative estimate of drug-likeness (QED) is 0.0862. The molecule has 0 fully saturated rings. The van der Waals surface area contributed by atoms with E-state index in [1.165, 1.54) is 90.1 Å². The molecule has 6 nitrogen and oxygen atoms in total. The van der Waals surface area contributed by atoms with Gasteiger partial charge >= 0.3 is 0 Å². The van der Waals surface area contributed by atoms with Gasteiger partial charge < -0.3 is 58.2 Å². The van der Waals surface area contributed by atoms with Crippen molar-refractivity contribution in [1.29, 1.82) is 0 Å². The monoisotopic (exact) mass is 1170 g/mol. The maximum atomic E-state index is 7.00. The van der Waals surface area contributed by atoms with E-state index < -0.39 is 0 Å². The summed E-state index contributed by atoms with van der Waals surface area (Å²) in [5, 5.41) is 14.0. The largest absolute Gasteiger partial charge is 1.00 e. The highest BCUT2D eigenvalue weighted by atomic mass is 127. The average molecular weight is 1180 g/mol. The molecule has 0 bridgehead atoms. The predicted octanol–water partition coefficient (Wildman–Crippen LogP) is 9.12. The van der Waals surface area contributed by atoms with Crippen LogP contribution in [0.1, 0.15) is 214 Å². The van der Waals surface area contributed by atoms with Crippen LogP contribution in [0.3, 0.4) is 0 Å². The lowest BCUT2D eigenvalue weighted by atomic mass is 9.91. The number of benzene rings is 5. The van der Waals surface area contributed by atoms with E-state index in [1.807, 2.05) is 0 Å². The van der Waals surface area contributed by atoms with Crippen molar-refractivity contribution >= 4 is 34.4 Å². The molecule has 5 aromatic rings. The summed E-state index contributed by atoms with van der Waals surface area (Å²) in [5.41, 5.74) is 19.5. The van der Waals surface area contributed by atoms with Gasteiger partial charge in [0.15, 0.2) is 0 Å². The van der Waals surface area contributed by atoms with Gasteiger partial charge in [-0.15, -0.1) is 0 Å². The number of nitrogens with zero attached hydrogens (tertiary/aromatic N) is 4. The molecule has 0 saturated heterocycles. The molecule has 2 aliphatic heterocycles. The van der Waals surface area contributed by atoms with E-state index >= 15 is 0 Å². The van der Waals surface area contributed by atoms with E-state index in [0.717, 1.165) is 40.4 Å². The number of anilines is 2. The molecule has 0 unspecified atom stereocenters. The zero-order chi connectivity index (χ0) is 50.3. The van der Waals surface area contributed by atoms with Crippen molar-refractivity contribution in [1.82, 2.24) is 0 Å². The van der Waals surface area contributed by atoms with Crippen molar-refractivity contribution in [2.45, 2.75) is 158 Å². The molecule has 2 N–H and O–H groups in total. The van der Waals surface area contributed by atoms with Gasteiger partial charge in [-0.1, -0.05) is 184 Å². The van der Waals surface area contributed by atoms with Gasteiger partial charge in [0.2, 0.25) is 0 Å². The van der Waals surface area contributed by atoms with Gasteiger partial charge in [-0.2, -0.15) is 0 Å². The van der Waals surface area contributed by atoms with Crippen LogP contribution in [-0.4, -0.2) is 71.4 Å². The molecule has 0 saturated carbocycles. The lowest BCUT2D eigenvalue weighted by Gasteiger charge is -2.25. The third-order valence-electron chi connectivity index (χ3n) is 14.0. The molecule has 0 radical (unpaired) electrons. The Morgan fingerprint density at radius 3 is 0.729 bits per heavy atom. The van der Waals surface area contributed by atoms with Crippen LogP contribution in [0.4, 0.5) is 22.7 Å². The van der Waals surface area contributed by atoms with Crippen molar-refractivity contribution in [2.75, 3.05) is 50.2 Å². The Kier molecular flexibility index (Phi) is 23.4. The molecule has 5 aromatic carbocycles. The first kappa shape index (κ1) is 60.7. The van der Waals surface area contributed by atoms with E-state index in [1.54, 1.807) is 0 Å². The highest BCUT2D eigenvalue weighted by molar-refractivity contribution is 6.12. The molecule has 0 aliphatic carbocycles. The number of aliphatic hydroxyl groups is 2. The molecule has 0 aromatic heterocycles. The summed E-state index contributed by atoms with van der Waals surface area (Å²) >= 11 is 0. The summed E-state index contributed by atoms with van der Waals surface area (Å²) in [6.07, 6.45) is 0. The molecule has 2 aliphatic rings. The molecular weight excluding hydrogens is 1090 g/mol. The third kappa shape index (κ3) is 12.4. The Labute approximate surface area is 459 Å². The number of halogens is 2. The maximum absolute atomic E-state index is 7.00. The number of rotatable bonds is 14. The Morgan fingerprint density at radius 1 is 0.329 bits per heavy atom. The molecule has 0 atom stereocenters. The van der Waals surface area contributed by atoms with E-state index in [-0.39, 0.29) is 48.0 Å². The van der Waals surface area contributed by atoms with Gasteiger partial charge in [0.1, 0.15) is 48.9 Å². The topological polar surface area (TPSA) is 53.0 Å². The van der Waals surface area contributed by atoms with Gasteiger partial charge in [0, 0.05) is 58.7 Å². The highest BCUT2D eigenvalue weighted by Gasteiger charge is 2.42. The van der Waals surface area contributed by atoms with Gasteiger partial charge in [-0.05, 0) is 71.6 Å². The average Bonchev–Trinajstić information content (AvgIpc) is 3.97. The minimum atomic E-state index is 0. The van der Waals surface area contributed by atoms with Crippen LogP contribution >= 0.6 is 0 Å². The van der Waals surface area contributed by atoms with Gasteiger partial charge in [0.05, 0.1) is 11.1 Å². The highest BCUT2D eigenvalue weighted by Crippen LogP contribution is 2.44. The number of aliphatic hydroxyl groups excluding tert-OH is 2. The van der Waals surface area contributed by atoms with Crippen molar-refractivity contribution < 1.29 is 67.3 Å². The molecule has 2 heterocycles. The Hall–Kier alpha value is -3.58. The second-order valence-corrected chi connectivity index (χ2v) is 21.2. The first-order valence-electron chi connectivity index (χ1n) is 25.8. The molecule has 0 spiro atoms. The van der Waals surface area contributed by atoms with Crippen molar-refractivity contribution in [3.8, 4) is 0 Å². The fraction of sp³-hybridized carbons (Fsp3) is 0.484. The van der Waals surface area contributed by atoms with Crippen LogP contribution in [0.5, 0.6) is 0 Å². The molecule has 382 valence electrons. The molecule has 70 heavy (non-hydrogen) atoms. The van der Waals surface area contributed by atoms with Crippen LogP contribution in [-0.2, 0) is 0 Å². The van der Waals surface area contributed by atoms with Crippen LogP contribution in [0.25, 0.3) is 0 Å². The standard InChI is InChI=1S/C60H80N4.2CH4O.2HI/c1-37(2)47-21-17-22-48(38(3)4)55(47)61-33-34-62(56-49(39(5)6)23-18-24-50(56)40(7)8)59(61)45-29-31-46(32-30-45)60-63(57-51(41(9)10)25-19-26-52(57)42(11)12)35-36-64(60)58-53(43(13)14)27-20-28-54(58)44(15)16;2*1-2;;/h17-32,37-44H,33-36H2,1-16H3;2*2H,1H3;2*1H/q+2;;;;/p-2. The second-order valence-electron chi connectivity index (χ2n) is 21.2. The smallest absolute Gasteiger partial charge is 0.289 e. The summed E-state index contributed by atoms with van der Waals surface area (Å²) in [4.78, 5) is 5.40. The normalized spacial score (nSPS) is 13.8. The zero-order valence-corrected chi connectivity index (χ0v) is 50.4. The van der Waals surface area contributed by atoms with Crippen molar-refractivity contribution in [2.24, 2.45) is 0 Å². The fourth-order valence-corrected chi connectivity index (χ4v) is 10.7. The number of hydrogen-bond acceptors (Lipinski definition) is 4. The SMILES string of the molecule is CC(C)c1cccc(C(C)C)c1N1CC[N+](c2c(C(C)C)cccc2C(C)C)=C1c1ccc(C2=[N+](c3c(C(C)C)cccc3C(C)C)CCN2c2c(C(C)C)cccc2C(C)C)cc1.CO.CO.[I-].[I-]. The molecular formula is C62H88I2N4O2. The first-order valence-corrected chi connectivity index (χ1v) is 25.8. The summed E-state index contributed by atoms with van der Waals surface area (Å²) in [7, 11) is 2.00. The minimum Gasteiger partial charge on any atom is -1.00 e. The van der Waals surface area contributed by atoms with Gasteiger partial charge in [-0.3, -0.25) is 0 Å². The molecule has 0 amide bonds. The van der Waals surface area contributed by atoms with Crippen LogP contribution in [0.15, 0.2) is 97.1 Å². The number of amidine groups is 2. The summed E-state index contributed by atoms with van der Waals surface area (Å²) in [6.45, 7) is 41.4. The fourth-order valence-electron chi connectivity index (χ4n) is 10.7. The predicted molar refractivity (Wildman–Crippen MR) is 294 cm³/mol. The molecule has 8 heteroatoms. The summed E-state index contributed by atoms with van der Waals surface area (Å²) < 4.78 is 5.40. The first-order chi connectivity index (χ1) is 32.4. The Balaban J connectivity index is 0.00000211. The maximum Gasteiger partial charge on any atom is 0.289 e. The van der Waals surface area contributed by atoms with Crippen molar-refractivity contribution in [3.05, 3.63) is 153 Å². The summed E-state index contributed by atoms with van der Waals surface area (Å²) in [5.74, 6) is 5.73. The Morgan fingerprint density at radius 2 is 0.529 bits per heavy atom. The van der Waals surface area contributed by atoms with Crippen LogP contribution in [0.2, 0.25) is 0 Å². The Bertz CT molecular complexity index is 2270. The van der Waals surface area contributed by atoms with Gasteiger partial charge in [0.25, 0.3) is 11.7 Å². The van der Waals surface area contributed by atoms with E-state index in [2.05, 4.69) is 227 Å². The zero-order valence-electron chi connectivity index (χ0n) is 46.1. The third-order valence-corrected chi connectivity index (χ3v) is 14.0. The van der Waals surface area contributed by atoms with Crippen LogP contribution < -0.4 is 57.8 Å². The van der Waals surface area contributed by atoms with Crippen molar-refractivity contribution in [3.63, 3.8) is 0 Å². The lowest BCUT2D eigenvalue weighted by molar-refractivity contribution is -0.429. The van der Waals surface area contributed by atoms with E-state index in [0.29, 0.717) is 47.3 Å². The summed E-state index contributed by atoms with van der Waals surface area (Å²) in [6, 6.07) is 37.9. The molecule has 7 rings (SSSR count). The minimum absolute atomic E-state index is 0. The van der Waals surface area contributed by atoms with Gasteiger partial charge in [-0.25, -0.2) is 19.0 Å². The van der Waals surface area contributed by atoms with Crippen LogP contribution in [0, 0.1) is 0 Å². The van der Waals surface area contributed by atoms with E-state index in [4.69, 9.17) is 10.2 Å². The number of hydrogen-bond donors (Lipinski definition) is 2. The second kappa shape index (κ2) is 26.9. The van der Waals surface area contributed by atoms with E-state index in [9.17, 15) is 0 Å².